The topological polar surface area (TPSA) is 29.6 Å². The van der Waals surface area contributed by atoms with Gasteiger partial charge in [0.2, 0.25) is 0 Å². The van der Waals surface area contributed by atoms with Crippen LogP contribution in [0.1, 0.15) is 0 Å². The molecule has 0 unspecified atom stereocenters. The van der Waals surface area contributed by atoms with Gasteiger partial charge < -0.3 is 0 Å². The summed E-state index contributed by atoms with van der Waals surface area (Å²) >= 11 is 0. The van der Waals surface area contributed by atoms with Crippen LogP contribution < -0.4 is 0 Å². The molecule has 30 heavy (non-hydrogen) atoms. The Morgan fingerprint density at radius 3 is 0.733 bits per heavy atom. The van der Waals surface area contributed by atoms with Crippen molar-refractivity contribution in [2.75, 3.05) is 56.4 Å². The summed E-state index contributed by atoms with van der Waals surface area (Å²) in [4.78, 5) is 16.0. The molecule has 0 aromatic heterocycles. The Labute approximate surface area is 164 Å². The number of halogens is 12. The van der Waals surface area contributed by atoms with E-state index in [9.17, 15) is 55.2 Å². The van der Waals surface area contributed by atoms with E-state index in [1.165, 1.54) is 0 Å². The maximum absolute atomic E-state index is 12.4. The monoisotopic (exact) mass is 518 g/mol. The first-order valence-electron chi connectivity index (χ1n) is 7.20. The maximum atomic E-state index is 12.4. The Balaban J connectivity index is -0.000000430. The van der Waals surface area contributed by atoms with E-state index in [0.717, 1.165) is 0 Å². The summed E-state index contributed by atoms with van der Waals surface area (Å²) in [6.45, 7) is 0. The Bertz CT molecular complexity index is 613. The van der Waals surface area contributed by atoms with Crippen molar-refractivity contribution in [2.24, 2.45) is 0 Å². The molecule has 0 aromatic carbocycles. The SMILES string of the molecule is CN(C)C(C(=O)C(N(C)C)=[N+](C)C)=[N+](C)C.F[P-](F)(F)(F)(F)F.F[P-](F)(F)(F)(F)F. The van der Waals surface area contributed by atoms with Gasteiger partial charge >= 0.3 is 83.4 Å². The van der Waals surface area contributed by atoms with E-state index >= 15 is 0 Å². The fourth-order valence-corrected chi connectivity index (χ4v) is 1.71. The first-order valence-corrected chi connectivity index (χ1v) is 11.3. The number of hydrogen-bond donors (Lipinski definition) is 0. The molecule has 0 bridgehead atoms. The minimum absolute atomic E-state index is 0.0185. The van der Waals surface area contributed by atoms with Gasteiger partial charge in [0.1, 0.15) is 0 Å². The predicted octanol–water partition coefficient (Wildman–Crippen LogP) is 5.78. The second kappa shape index (κ2) is 7.95. The normalized spacial score (nSPS) is 15.9. The van der Waals surface area contributed by atoms with Gasteiger partial charge in [-0.2, -0.15) is 0 Å². The number of amidine groups is 2. The number of rotatable bonds is 2. The molecule has 0 amide bonds. The van der Waals surface area contributed by atoms with E-state index in [0.29, 0.717) is 11.7 Å². The zero-order valence-corrected chi connectivity index (χ0v) is 18.9. The van der Waals surface area contributed by atoms with Crippen LogP contribution in [0.15, 0.2) is 0 Å². The molecule has 0 aliphatic carbocycles. The Kier molecular flexibility index (Phi) is 8.82. The van der Waals surface area contributed by atoms with Crippen molar-refractivity contribution in [3.05, 3.63) is 0 Å². The van der Waals surface area contributed by atoms with Crippen LogP contribution in [0.25, 0.3) is 0 Å². The average Bonchev–Trinajstić information content (AvgIpc) is 2.15. The zero-order valence-electron chi connectivity index (χ0n) is 17.1. The molecule has 0 N–H and O–H groups in total. The van der Waals surface area contributed by atoms with Gasteiger partial charge in [-0.3, -0.25) is 23.7 Å². The van der Waals surface area contributed by atoms with Gasteiger partial charge in [0.15, 0.2) is 0 Å². The van der Waals surface area contributed by atoms with Crippen LogP contribution in [-0.4, -0.2) is 92.8 Å². The molecule has 0 fully saturated rings. The fraction of sp³-hybridized carbons (Fsp3) is 0.727. The van der Waals surface area contributed by atoms with Crippen LogP contribution in [0.3, 0.4) is 0 Å². The van der Waals surface area contributed by atoms with E-state index in [1.54, 1.807) is 0 Å². The number of carbonyl (C=O) groups excluding carboxylic acids is 1. The quantitative estimate of drug-likeness (QED) is 0.153. The van der Waals surface area contributed by atoms with Crippen LogP contribution in [0.5, 0.6) is 0 Å². The summed E-state index contributed by atoms with van der Waals surface area (Å²) < 4.78 is 122. The number of ketones is 1. The molecule has 5 nitrogen and oxygen atoms in total. The van der Waals surface area contributed by atoms with Crippen molar-refractivity contribution in [1.82, 2.24) is 9.80 Å². The molecule has 19 heteroatoms. The summed E-state index contributed by atoms with van der Waals surface area (Å²) in [5.41, 5.74) is 0. The van der Waals surface area contributed by atoms with Gasteiger partial charge in [-0.1, -0.05) is 0 Å². The Morgan fingerprint density at radius 2 is 0.667 bits per heavy atom. The number of likely N-dealkylation sites (N-methyl/N-ethyl adjacent to an activating group) is 2. The number of nitrogens with zero attached hydrogens (tertiary/aromatic N) is 4. The van der Waals surface area contributed by atoms with Crippen molar-refractivity contribution in [3.8, 4) is 0 Å². The van der Waals surface area contributed by atoms with E-state index in [2.05, 4.69) is 0 Å². The van der Waals surface area contributed by atoms with Crippen molar-refractivity contribution in [1.29, 1.82) is 0 Å². The van der Waals surface area contributed by atoms with Gasteiger partial charge in [-0.15, -0.1) is 0 Å². The molecule has 0 radical (unpaired) electrons. The molecule has 0 atom stereocenters. The molecule has 0 saturated heterocycles. The summed E-state index contributed by atoms with van der Waals surface area (Å²) in [6.07, 6.45) is 0. The summed E-state index contributed by atoms with van der Waals surface area (Å²) in [5.74, 6) is 1.35. The van der Waals surface area contributed by atoms with Crippen molar-refractivity contribution in [2.45, 2.75) is 0 Å². The second-order valence-electron chi connectivity index (χ2n) is 6.47. The first-order chi connectivity index (χ1) is 12.1. The van der Waals surface area contributed by atoms with Crippen LogP contribution in [0.4, 0.5) is 50.4 Å². The third-order valence-electron chi connectivity index (χ3n) is 2.10. The Morgan fingerprint density at radius 1 is 0.533 bits per heavy atom. The van der Waals surface area contributed by atoms with Gasteiger partial charge in [0, 0.05) is 0 Å². The van der Waals surface area contributed by atoms with Gasteiger partial charge in [0.05, 0.1) is 56.4 Å². The molecule has 0 spiro atoms. The second-order valence-corrected chi connectivity index (χ2v) is 10.3. The number of hydrogen-bond acceptors (Lipinski definition) is 1. The molecule has 0 saturated carbocycles. The van der Waals surface area contributed by atoms with Gasteiger partial charge in [0.25, 0.3) is 0 Å². The van der Waals surface area contributed by atoms with Crippen LogP contribution in [-0.2, 0) is 4.79 Å². The molecule has 0 heterocycles. The summed E-state index contributed by atoms with van der Waals surface area (Å²) in [6, 6.07) is 0. The number of carbonyl (C=O) groups is 1. The predicted molar refractivity (Wildman–Crippen MR) is 93.7 cm³/mol. The molecular weight excluding hydrogens is 494 g/mol. The van der Waals surface area contributed by atoms with E-state index < -0.39 is 15.6 Å². The van der Waals surface area contributed by atoms with Crippen LogP contribution >= 0.6 is 15.6 Å². The molecule has 0 aliphatic rings. The van der Waals surface area contributed by atoms with Crippen molar-refractivity contribution >= 4 is 33.1 Å². The third kappa shape index (κ3) is 34.2. The van der Waals surface area contributed by atoms with E-state index in [1.807, 2.05) is 75.3 Å². The van der Waals surface area contributed by atoms with Gasteiger partial charge in [-0.25, -0.2) is 0 Å². The Hall–Kier alpha value is -1.37. The first kappa shape index (κ1) is 33.3. The van der Waals surface area contributed by atoms with Gasteiger partial charge in [-0.05, 0) is 0 Å². The molecule has 0 aliphatic heterocycles. The molecule has 0 aromatic rings. The average molecular weight is 518 g/mol. The standard InChI is InChI=1S/C11H24N4O.2F6P/c1-12(2)10(13(3)4)9(16)11(14(5)6)15(7)8;2*1-7(2,3,4,5)6/h1-8H3;;/q+2;2*-1. The van der Waals surface area contributed by atoms with Crippen molar-refractivity contribution < 1.29 is 64.3 Å². The van der Waals surface area contributed by atoms with Crippen LogP contribution in [0.2, 0.25) is 0 Å². The van der Waals surface area contributed by atoms with E-state index in [4.69, 9.17) is 0 Å². The van der Waals surface area contributed by atoms with E-state index in [-0.39, 0.29) is 5.78 Å². The molecular formula is C11H24F12N4OP2. The summed E-state index contributed by atoms with van der Waals surface area (Å²) in [7, 11) is -6.35. The van der Waals surface area contributed by atoms with Crippen molar-refractivity contribution in [3.63, 3.8) is 0 Å². The fourth-order valence-electron chi connectivity index (χ4n) is 1.71. The van der Waals surface area contributed by atoms with Crippen LogP contribution in [0, 0.1) is 0 Å². The number of Topliss-reactive ketones (excluding diaryl/α,β-unsaturated/α-hetero) is 1. The molecule has 0 rings (SSSR count). The third-order valence-corrected chi connectivity index (χ3v) is 2.10. The molecule has 188 valence electrons. The zero-order chi connectivity index (χ0) is 25.9. The minimum atomic E-state index is -10.7. The summed E-state index contributed by atoms with van der Waals surface area (Å²) in [5, 5.41) is 0.